The lowest BCUT2D eigenvalue weighted by Crippen LogP contribution is -2.55. The molecule has 2 aliphatic heterocycles. The molecule has 2 heterocycles. The second kappa shape index (κ2) is 11.1. The van der Waals surface area contributed by atoms with E-state index in [4.69, 9.17) is 9.47 Å². The number of likely N-dealkylation sites (N-methyl/N-ethyl adjacent to an activating group) is 1. The van der Waals surface area contributed by atoms with E-state index in [-0.39, 0.29) is 32.1 Å². The van der Waals surface area contributed by atoms with Gasteiger partial charge in [-0.05, 0) is 56.5 Å². The maximum Gasteiger partial charge on any atom is 0.410 e. The molecule has 0 fully saturated rings. The number of hydrogen-bond donors (Lipinski definition) is 1. The highest BCUT2D eigenvalue weighted by molar-refractivity contribution is 7.88. The van der Waals surface area contributed by atoms with Gasteiger partial charge in [-0.2, -0.15) is 4.31 Å². The van der Waals surface area contributed by atoms with Crippen molar-refractivity contribution in [1.82, 2.24) is 14.5 Å². The molecule has 216 valence electrons. The van der Waals surface area contributed by atoms with Crippen LogP contribution in [-0.4, -0.2) is 73.1 Å². The van der Waals surface area contributed by atoms with Crippen molar-refractivity contribution in [2.45, 2.75) is 65.0 Å². The quantitative estimate of drug-likeness (QED) is 0.564. The van der Waals surface area contributed by atoms with E-state index in [2.05, 4.69) is 5.32 Å². The Balaban J connectivity index is 1.57. The summed E-state index contributed by atoms with van der Waals surface area (Å²) in [6, 6.07) is 10.8. The first-order chi connectivity index (χ1) is 18.7. The number of benzene rings is 2. The van der Waals surface area contributed by atoms with E-state index in [1.165, 1.54) is 22.5 Å². The number of nitrogens with one attached hydrogen (secondary N) is 1. The van der Waals surface area contributed by atoms with Crippen LogP contribution >= 0.6 is 0 Å². The third kappa shape index (κ3) is 6.39. The summed E-state index contributed by atoms with van der Waals surface area (Å²) in [5, 5.41) is 2.74. The molecular formula is C28H36N4O7S. The van der Waals surface area contributed by atoms with Crippen LogP contribution in [0.25, 0.3) is 0 Å². The third-order valence-corrected chi connectivity index (χ3v) is 8.13. The van der Waals surface area contributed by atoms with E-state index >= 15 is 0 Å². The minimum Gasteiger partial charge on any atom is -0.489 e. The van der Waals surface area contributed by atoms with E-state index < -0.39 is 39.7 Å². The van der Waals surface area contributed by atoms with Gasteiger partial charge in [-0.1, -0.05) is 30.3 Å². The van der Waals surface area contributed by atoms with Crippen molar-refractivity contribution in [3.8, 4) is 5.75 Å². The molecule has 4 rings (SSSR count). The largest absolute Gasteiger partial charge is 0.489 e. The average Bonchev–Trinajstić information content (AvgIpc) is 3.29. The Morgan fingerprint density at radius 3 is 2.52 bits per heavy atom. The van der Waals surface area contributed by atoms with Gasteiger partial charge in [0.15, 0.2) is 0 Å². The first kappa shape index (κ1) is 29.3. The zero-order valence-electron chi connectivity index (χ0n) is 23.6. The minimum absolute atomic E-state index is 0.101. The van der Waals surface area contributed by atoms with Crippen LogP contribution in [0.15, 0.2) is 42.5 Å². The van der Waals surface area contributed by atoms with Crippen molar-refractivity contribution in [3.05, 3.63) is 59.2 Å². The molecule has 2 aromatic carbocycles. The number of sulfonamides is 1. The molecule has 0 saturated carbocycles. The van der Waals surface area contributed by atoms with Gasteiger partial charge in [-0.3, -0.25) is 14.5 Å². The van der Waals surface area contributed by atoms with Crippen molar-refractivity contribution in [3.63, 3.8) is 0 Å². The molecule has 2 aliphatic rings. The van der Waals surface area contributed by atoms with Gasteiger partial charge in [-0.15, -0.1) is 0 Å². The highest BCUT2D eigenvalue weighted by atomic mass is 32.2. The molecule has 0 aromatic heterocycles. The molecule has 2 aromatic rings. The molecule has 11 nitrogen and oxygen atoms in total. The maximum atomic E-state index is 13.9. The number of carbonyl (C=O) groups excluding carboxylic acids is 3. The summed E-state index contributed by atoms with van der Waals surface area (Å²) in [5.41, 5.74) is 2.36. The Kier molecular flexibility index (Phi) is 8.13. The van der Waals surface area contributed by atoms with Crippen molar-refractivity contribution in [2.75, 3.05) is 24.8 Å². The summed E-state index contributed by atoms with van der Waals surface area (Å²) >= 11 is 0. The Morgan fingerprint density at radius 1 is 1.15 bits per heavy atom. The number of anilines is 1. The van der Waals surface area contributed by atoms with Crippen LogP contribution in [0.2, 0.25) is 0 Å². The molecule has 0 unspecified atom stereocenters. The van der Waals surface area contributed by atoms with Crippen LogP contribution in [0, 0.1) is 0 Å². The van der Waals surface area contributed by atoms with Crippen molar-refractivity contribution in [2.24, 2.45) is 0 Å². The molecule has 0 saturated heterocycles. The molecule has 0 radical (unpaired) electrons. The number of nitrogens with zero attached hydrogens (tertiary/aromatic N) is 3. The molecule has 0 spiro atoms. The fraction of sp³-hybridized carbons (Fsp3) is 0.464. The Hall–Kier alpha value is -3.64. The molecular weight excluding hydrogens is 536 g/mol. The summed E-state index contributed by atoms with van der Waals surface area (Å²) < 4.78 is 37.1. The van der Waals surface area contributed by atoms with Crippen LogP contribution in [0.3, 0.4) is 0 Å². The van der Waals surface area contributed by atoms with Gasteiger partial charge in [-0.25, -0.2) is 13.2 Å². The highest BCUT2D eigenvalue weighted by Gasteiger charge is 2.36. The molecule has 0 aliphatic carbocycles. The fourth-order valence-electron chi connectivity index (χ4n) is 4.59. The lowest BCUT2D eigenvalue weighted by molar-refractivity contribution is -0.130. The standard InChI is InChI=1S/C28H36N4O7S/c1-18(30(5)27(35)39-28(2,3)4)25(33)29-22-17-38-24-13-8-7-12-23(24)32(26(22)34)15-20-11-9-10-19-14-31(16-21(19)20)40(6,36)37/h7-13,18,22H,14-17H2,1-6H3,(H,29,33)/t18-,22-/m0/s1. The predicted molar refractivity (Wildman–Crippen MR) is 149 cm³/mol. The lowest BCUT2D eigenvalue weighted by Gasteiger charge is -2.30. The first-order valence-electron chi connectivity index (χ1n) is 13.0. The van der Waals surface area contributed by atoms with Gasteiger partial charge in [0, 0.05) is 20.1 Å². The van der Waals surface area contributed by atoms with Gasteiger partial charge in [0.1, 0.15) is 30.0 Å². The number of hydrogen-bond acceptors (Lipinski definition) is 7. The lowest BCUT2D eigenvalue weighted by atomic mass is 10.0. The van der Waals surface area contributed by atoms with Crippen molar-refractivity contribution >= 4 is 33.6 Å². The zero-order chi connectivity index (χ0) is 29.4. The second-order valence-electron chi connectivity index (χ2n) is 11.1. The number of para-hydroxylation sites is 2. The van der Waals surface area contributed by atoms with Gasteiger partial charge >= 0.3 is 6.09 Å². The van der Waals surface area contributed by atoms with Crippen molar-refractivity contribution < 1.29 is 32.3 Å². The van der Waals surface area contributed by atoms with Crippen LogP contribution < -0.4 is 15.0 Å². The van der Waals surface area contributed by atoms with Gasteiger partial charge < -0.3 is 19.7 Å². The van der Waals surface area contributed by atoms with Gasteiger partial charge in [0.05, 0.1) is 18.5 Å². The van der Waals surface area contributed by atoms with E-state index in [0.717, 1.165) is 16.7 Å². The Morgan fingerprint density at radius 2 is 1.85 bits per heavy atom. The monoisotopic (exact) mass is 572 g/mol. The smallest absolute Gasteiger partial charge is 0.410 e. The van der Waals surface area contributed by atoms with Crippen molar-refractivity contribution in [1.29, 1.82) is 0 Å². The predicted octanol–water partition coefficient (Wildman–Crippen LogP) is 2.63. The molecule has 1 N–H and O–H groups in total. The molecule has 40 heavy (non-hydrogen) atoms. The zero-order valence-corrected chi connectivity index (χ0v) is 24.4. The van der Waals surface area contributed by atoms with Crippen LogP contribution in [-0.2, 0) is 44.0 Å². The molecule has 3 amide bonds. The second-order valence-corrected chi connectivity index (χ2v) is 13.1. The summed E-state index contributed by atoms with van der Waals surface area (Å²) in [5.74, 6) is -0.441. The normalized spacial score (nSPS) is 18.2. The number of amides is 3. The fourth-order valence-corrected chi connectivity index (χ4v) is 5.33. The van der Waals surface area contributed by atoms with Gasteiger partial charge in [0.2, 0.25) is 15.9 Å². The van der Waals surface area contributed by atoms with E-state index in [0.29, 0.717) is 11.4 Å². The number of fused-ring (bicyclic) bond motifs is 2. The van der Waals surface area contributed by atoms with E-state index in [9.17, 15) is 22.8 Å². The Bertz CT molecular complexity index is 1420. The molecule has 12 heteroatoms. The van der Waals surface area contributed by atoms with Gasteiger partial charge in [0.25, 0.3) is 5.91 Å². The topological polar surface area (TPSA) is 126 Å². The summed E-state index contributed by atoms with van der Waals surface area (Å²) in [7, 11) is -1.93. The number of carbonyl (C=O) groups is 3. The number of rotatable bonds is 6. The third-order valence-electron chi connectivity index (χ3n) is 6.93. The van der Waals surface area contributed by atoms with E-state index in [1.54, 1.807) is 56.9 Å². The first-order valence-corrected chi connectivity index (χ1v) is 14.8. The SMILES string of the molecule is C[C@@H](C(=O)N[C@H]1COc2ccccc2N(Cc2cccc3c2CN(S(C)(=O)=O)C3)C1=O)N(C)C(=O)OC(C)(C)C. The molecule has 0 bridgehead atoms. The van der Waals surface area contributed by atoms with Crippen LogP contribution in [0.1, 0.15) is 44.4 Å². The summed E-state index contributed by atoms with van der Waals surface area (Å²) in [6.45, 7) is 7.30. The van der Waals surface area contributed by atoms with Crippen LogP contribution in [0.4, 0.5) is 10.5 Å². The number of ether oxygens (including phenoxy) is 2. The average molecular weight is 573 g/mol. The van der Waals surface area contributed by atoms with E-state index in [1.807, 2.05) is 18.2 Å². The summed E-state index contributed by atoms with van der Waals surface area (Å²) in [6.07, 6.45) is 0.521. The Labute approximate surface area is 235 Å². The highest BCUT2D eigenvalue weighted by Crippen LogP contribution is 2.34. The van der Waals surface area contributed by atoms with Crippen LogP contribution in [0.5, 0.6) is 5.75 Å². The summed E-state index contributed by atoms with van der Waals surface area (Å²) in [4.78, 5) is 42.3. The molecule has 2 atom stereocenters. The minimum atomic E-state index is -3.39. The maximum absolute atomic E-state index is 13.9.